The Balaban J connectivity index is 1.28. The van der Waals surface area contributed by atoms with Crippen LogP contribution in [0.4, 0.5) is 10.5 Å². The predicted molar refractivity (Wildman–Crippen MR) is 115 cm³/mol. The summed E-state index contributed by atoms with van der Waals surface area (Å²) in [6.45, 7) is 4.39. The zero-order valence-corrected chi connectivity index (χ0v) is 16.9. The smallest absolute Gasteiger partial charge is 0.315 e. The Morgan fingerprint density at radius 3 is 2.66 bits per heavy atom. The highest BCUT2D eigenvalue weighted by molar-refractivity contribution is 5.74. The summed E-state index contributed by atoms with van der Waals surface area (Å²) in [5.41, 5.74) is 5.13. The number of benzene rings is 2. The van der Waals surface area contributed by atoms with Crippen LogP contribution in [0.1, 0.15) is 35.5 Å². The van der Waals surface area contributed by atoms with Gasteiger partial charge in [0.25, 0.3) is 0 Å². The first-order chi connectivity index (χ1) is 14.1. The minimum Gasteiger partial charge on any atom is -0.367 e. The fourth-order valence-electron chi connectivity index (χ4n) is 3.84. The summed E-state index contributed by atoms with van der Waals surface area (Å²) in [4.78, 5) is 18.9. The van der Waals surface area contributed by atoms with Crippen molar-refractivity contribution < 1.29 is 4.79 Å². The van der Waals surface area contributed by atoms with Crippen LogP contribution >= 0.6 is 0 Å². The summed E-state index contributed by atoms with van der Waals surface area (Å²) in [7, 11) is 1.92. The van der Waals surface area contributed by atoms with Crippen LogP contribution < -0.4 is 15.5 Å². The van der Waals surface area contributed by atoms with Crippen molar-refractivity contribution in [2.24, 2.45) is 7.05 Å². The van der Waals surface area contributed by atoms with E-state index in [0.29, 0.717) is 6.54 Å². The van der Waals surface area contributed by atoms with Crippen LogP contribution in [0.5, 0.6) is 0 Å². The molecule has 4 rings (SSSR count). The molecule has 0 radical (unpaired) electrons. The minimum absolute atomic E-state index is 0.152. The minimum atomic E-state index is -0.196. The molecule has 3 aromatic rings. The number of nitrogens with one attached hydrogen (secondary N) is 2. The highest BCUT2D eigenvalue weighted by Gasteiger charge is 2.18. The second-order valence-electron chi connectivity index (χ2n) is 7.56. The molecule has 1 atom stereocenters. The molecule has 0 saturated heterocycles. The van der Waals surface area contributed by atoms with E-state index in [1.165, 1.54) is 16.8 Å². The largest absolute Gasteiger partial charge is 0.367 e. The summed E-state index contributed by atoms with van der Waals surface area (Å²) >= 11 is 0. The van der Waals surface area contributed by atoms with Crippen molar-refractivity contribution in [1.29, 1.82) is 0 Å². The van der Waals surface area contributed by atoms with Crippen molar-refractivity contribution in [2.75, 3.05) is 11.4 Å². The first-order valence-corrected chi connectivity index (χ1v) is 10.0. The summed E-state index contributed by atoms with van der Waals surface area (Å²) < 4.78 is 1.91. The molecule has 1 aromatic heterocycles. The van der Waals surface area contributed by atoms with Gasteiger partial charge in [0.15, 0.2) is 0 Å². The Kier molecular flexibility index (Phi) is 5.51. The van der Waals surface area contributed by atoms with Gasteiger partial charge in [0.05, 0.1) is 6.04 Å². The molecule has 2 heterocycles. The lowest BCUT2D eigenvalue weighted by atomic mass is 10.1. The van der Waals surface area contributed by atoms with Gasteiger partial charge < -0.3 is 20.1 Å². The second-order valence-corrected chi connectivity index (χ2v) is 7.56. The molecule has 0 fully saturated rings. The zero-order chi connectivity index (χ0) is 20.2. The van der Waals surface area contributed by atoms with Gasteiger partial charge in [0.1, 0.15) is 5.82 Å². The Morgan fingerprint density at radius 2 is 1.90 bits per heavy atom. The average molecular weight is 390 g/mol. The highest BCUT2D eigenvalue weighted by Crippen LogP contribution is 2.28. The predicted octanol–water partition coefficient (Wildman–Crippen LogP) is 3.54. The van der Waals surface area contributed by atoms with Crippen molar-refractivity contribution in [3.05, 3.63) is 83.4 Å². The van der Waals surface area contributed by atoms with E-state index < -0.39 is 0 Å². The van der Waals surface area contributed by atoms with Crippen LogP contribution in [-0.4, -0.2) is 22.1 Å². The second kappa shape index (κ2) is 8.39. The van der Waals surface area contributed by atoms with Gasteiger partial charge in [-0.15, -0.1) is 0 Å². The first-order valence-electron chi connectivity index (χ1n) is 10.0. The lowest BCUT2D eigenvalue weighted by Gasteiger charge is -2.19. The maximum atomic E-state index is 12.2. The number of hydrogen-bond donors (Lipinski definition) is 2. The van der Waals surface area contributed by atoms with Crippen molar-refractivity contribution in [3.8, 4) is 0 Å². The fourth-order valence-corrected chi connectivity index (χ4v) is 3.84. The van der Waals surface area contributed by atoms with Crippen LogP contribution in [0.3, 0.4) is 0 Å². The number of carbonyl (C=O) groups excluding carboxylic acids is 1. The SMILES string of the molecule is CC(NC(=O)NCc1ccc(CN2CCc3ccccc32)cc1)c1nccn1C. The number of hydrogen-bond acceptors (Lipinski definition) is 3. The number of nitrogens with zero attached hydrogens (tertiary/aromatic N) is 3. The molecule has 2 aromatic carbocycles. The van der Waals surface area contributed by atoms with E-state index >= 15 is 0 Å². The lowest BCUT2D eigenvalue weighted by molar-refractivity contribution is 0.237. The number of urea groups is 1. The Morgan fingerprint density at radius 1 is 1.14 bits per heavy atom. The molecule has 1 aliphatic rings. The molecule has 0 saturated carbocycles. The molecule has 2 N–H and O–H groups in total. The first kappa shape index (κ1) is 19.1. The van der Waals surface area contributed by atoms with Gasteiger partial charge in [-0.3, -0.25) is 0 Å². The van der Waals surface area contributed by atoms with Crippen molar-refractivity contribution in [3.63, 3.8) is 0 Å². The van der Waals surface area contributed by atoms with E-state index in [0.717, 1.165) is 30.9 Å². The van der Waals surface area contributed by atoms with Crippen LogP contribution in [0.25, 0.3) is 0 Å². The standard InChI is InChI=1S/C23H27N5O/c1-17(22-24-12-14-27(22)2)26-23(29)25-15-18-7-9-19(10-8-18)16-28-13-11-20-5-3-4-6-21(20)28/h3-10,12,14,17H,11,13,15-16H2,1-2H3,(H2,25,26,29). The maximum absolute atomic E-state index is 12.2. The Bertz CT molecular complexity index is 979. The molecule has 29 heavy (non-hydrogen) atoms. The van der Waals surface area contributed by atoms with Crippen molar-refractivity contribution >= 4 is 11.7 Å². The van der Waals surface area contributed by atoms with E-state index in [2.05, 4.69) is 69.0 Å². The third-order valence-electron chi connectivity index (χ3n) is 5.43. The summed E-state index contributed by atoms with van der Waals surface area (Å²) in [5, 5.41) is 5.84. The number of aryl methyl sites for hydroxylation is 1. The third kappa shape index (κ3) is 4.42. The van der Waals surface area contributed by atoms with Crippen molar-refractivity contribution in [1.82, 2.24) is 20.2 Å². The monoisotopic (exact) mass is 389 g/mol. The average Bonchev–Trinajstić information content (AvgIpc) is 3.34. The van der Waals surface area contributed by atoms with E-state index in [4.69, 9.17) is 0 Å². The molecular formula is C23H27N5O. The fraction of sp³-hybridized carbons (Fsp3) is 0.304. The number of imidazole rings is 1. The topological polar surface area (TPSA) is 62.2 Å². The number of amides is 2. The third-order valence-corrected chi connectivity index (χ3v) is 5.43. The summed E-state index contributed by atoms with van der Waals surface area (Å²) in [6.07, 6.45) is 4.71. The Labute approximate surface area is 171 Å². The molecule has 0 aliphatic carbocycles. The molecule has 6 nitrogen and oxygen atoms in total. The zero-order valence-electron chi connectivity index (χ0n) is 16.9. The van der Waals surface area contributed by atoms with E-state index in [9.17, 15) is 4.79 Å². The van der Waals surface area contributed by atoms with Crippen LogP contribution in [-0.2, 0) is 26.6 Å². The molecule has 0 bridgehead atoms. The number of para-hydroxylation sites is 1. The van der Waals surface area contributed by atoms with Gasteiger partial charge >= 0.3 is 6.03 Å². The van der Waals surface area contributed by atoms with Crippen LogP contribution in [0, 0.1) is 0 Å². The van der Waals surface area contributed by atoms with Crippen LogP contribution in [0.15, 0.2) is 60.9 Å². The molecular weight excluding hydrogens is 362 g/mol. The van der Waals surface area contributed by atoms with Gasteiger partial charge in [0, 0.05) is 44.8 Å². The molecule has 1 unspecified atom stereocenters. The molecule has 6 heteroatoms. The van der Waals surface area contributed by atoms with Gasteiger partial charge in [0.2, 0.25) is 0 Å². The van der Waals surface area contributed by atoms with Crippen LogP contribution in [0.2, 0.25) is 0 Å². The van der Waals surface area contributed by atoms with E-state index in [-0.39, 0.29) is 12.1 Å². The van der Waals surface area contributed by atoms with Gasteiger partial charge in [-0.2, -0.15) is 0 Å². The van der Waals surface area contributed by atoms with E-state index in [1.807, 2.05) is 24.7 Å². The van der Waals surface area contributed by atoms with E-state index in [1.54, 1.807) is 6.20 Å². The summed E-state index contributed by atoms with van der Waals surface area (Å²) in [5.74, 6) is 0.827. The van der Waals surface area contributed by atoms with Gasteiger partial charge in [-0.05, 0) is 36.1 Å². The number of anilines is 1. The lowest BCUT2D eigenvalue weighted by Crippen LogP contribution is -2.37. The van der Waals surface area contributed by atoms with Crippen molar-refractivity contribution in [2.45, 2.75) is 32.5 Å². The summed E-state index contributed by atoms with van der Waals surface area (Å²) in [6, 6.07) is 16.7. The number of fused-ring (bicyclic) bond motifs is 1. The maximum Gasteiger partial charge on any atom is 0.315 e. The Hall–Kier alpha value is -3.28. The molecule has 150 valence electrons. The quantitative estimate of drug-likeness (QED) is 0.678. The normalized spacial score (nSPS) is 13.8. The molecule has 2 amide bonds. The number of carbonyl (C=O) groups is 1. The molecule has 1 aliphatic heterocycles. The highest BCUT2D eigenvalue weighted by atomic mass is 16.2. The van der Waals surface area contributed by atoms with Gasteiger partial charge in [-0.25, -0.2) is 9.78 Å². The number of rotatable bonds is 6. The molecule has 0 spiro atoms. The van der Waals surface area contributed by atoms with Gasteiger partial charge in [-0.1, -0.05) is 42.5 Å². The number of aromatic nitrogens is 2.